The lowest BCUT2D eigenvalue weighted by molar-refractivity contribution is 0.134. The molecule has 27 heavy (non-hydrogen) atoms. The van der Waals surface area contributed by atoms with E-state index in [1.807, 2.05) is 55.5 Å². The van der Waals surface area contributed by atoms with Gasteiger partial charge in [0.25, 0.3) is 0 Å². The van der Waals surface area contributed by atoms with Crippen LogP contribution in [-0.2, 0) is 5.60 Å². The minimum atomic E-state index is -1.69. The van der Waals surface area contributed by atoms with Crippen LogP contribution in [0, 0.1) is 11.5 Å². The van der Waals surface area contributed by atoms with Gasteiger partial charge in [-0.05, 0) is 25.5 Å². The molecule has 144 valence electrons. The van der Waals surface area contributed by atoms with E-state index in [0.717, 1.165) is 12.0 Å². The third-order valence-corrected chi connectivity index (χ3v) is 5.17. The molecule has 0 heterocycles. The third kappa shape index (κ3) is 5.38. The van der Waals surface area contributed by atoms with Crippen molar-refractivity contribution in [2.24, 2.45) is 0 Å². The fourth-order valence-corrected chi connectivity index (χ4v) is 3.13. The zero-order valence-electron chi connectivity index (χ0n) is 17.2. The number of hydrogen-bond acceptors (Lipinski definition) is 3. The molecule has 0 radical (unpaired) electrons. The Kier molecular flexibility index (Phi) is 6.75. The number of hydrogen-bond donors (Lipinski definition) is 1. The van der Waals surface area contributed by atoms with E-state index >= 15 is 0 Å². The van der Waals surface area contributed by atoms with E-state index in [9.17, 15) is 5.11 Å². The quantitative estimate of drug-likeness (QED) is 0.565. The lowest BCUT2D eigenvalue weighted by atomic mass is 9.86. The van der Waals surface area contributed by atoms with Crippen LogP contribution in [0.25, 0.3) is 0 Å². The first-order valence-electron chi connectivity index (χ1n) is 9.37. The monoisotopic (exact) mass is 382 g/mol. The van der Waals surface area contributed by atoms with Gasteiger partial charge in [-0.1, -0.05) is 62.8 Å². The van der Waals surface area contributed by atoms with Crippen molar-refractivity contribution < 1.29 is 14.6 Å². The topological polar surface area (TPSA) is 38.7 Å². The average molecular weight is 383 g/mol. The highest BCUT2D eigenvalue weighted by atomic mass is 28.3. The molecule has 0 saturated heterocycles. The molecule has 0 aliphatic rings. The summed E-state index contributed by atoms with van der Waals surface area (Å²) in [7, 11) is -0.0720. The van der Waals surface area contributed by atoms with E-state index in [1.54, 1.807) is 7.11 Å². The van der Waals surface area contributed by atoms with Gasteiger partial charge in [0.15, 0.2) is 5.60 Å². The predicted octanol–water partition coefficient (Wildman–Crippen LogP) is 4.99. The molecule has 2 unspecified atom stereocenters. The lowest BCUT2D eigenvalue weighted by Gasteiger charge is -2.28. The second-order valence-corrected chi connectivity index (χ2v) is 12.5. The van der Waals surface area contributed by atoms with Gasteiger partial charge in [0.1, 0.15) is 19.6 Å². The SMILES string of the molecule is CCC(C)Oc1cc(OC)ccc1C(O)(C#C[Si](C)(C)C)c1ccccc1. The summed E-state index contributed by atoms with van der Waals surface area (Å²) in [5.41, 5.74) is 3.26. The summed E-state index contributed by atoms with van der Waals surface area (Å²) in [5.74, 6) is 4.47. The molecule has 0 saturated carbocycles. The Morgan fingerprint density at radius 2 is 1.78 bits per heavy atom. The Morgan fingerprint density at radius 3 is 2.33 bits per heavy atom. The van der Waals surface area contributed by atoms with Crippen LogP contribution in [0.3, 0.4) is 0 Å². The van der Waals surface area contributed by atoms with Gasteiger partial charge in [-0.25, -0.2) is 0 Å². The van der Waals surface area contributed by atoms with E-state index < -0.39 is 13.7 Å². The van der Waals surface area contributed by atoms with Crippen LogP contribution in [0.2, 0.25) is 19.6 Å². The number of methoxy groups -OCH3 is 1. The number of ether oxygens (including phenoxy) is 2. The number of rotatable bonds is 6. The maximum Gasteiger partial charge on any atom is 0.179 e. The molecule has 0 aliphatic heterocycles. The predicted molar refractivity (Wildman–Crippen MR) is 114 cm³/mol. The first-order valence-corrected chi connectivity index (χ1v) is 12.9. The molecule has 0 amide bonds. The Balaban J connectivity index is 2.70. The van der Waals surface area contributed by atoms with Crippen molar-refractivity contribution in [3.63, 3.8) is 0 Å². The zero-order chi connectivity index (χ0) is 20.1. The highest BCUT2D eigenvalue weighted by Crippen LogP contribution is 2.38. The summed E-state index contributed by atoms with van der Waals surface area (Å²) in [4.78, 5) is 0. The Bertz CT molecular complexity index is 815. The van der Waals surface area contributed by atoms with Crippen molar-refractivity contribution in [2.75, 3.05) is 7.11 Å². The van der Waals surface area contributed by atoms with Gasteiger partial charge in [0.2, 0.25) is 0 Å². The molecule has 4 heteroatoms. The van der Waals surface area contributed by atoms with Crippen molar-refractivity contribution in [3.8, 4) is 23.0 Å². The highest BCUT2D eigenvalue weighted by Gasteiger charge is 2.34. The smallest absolute Gasteiger partial charge is 0.179 e. The number of benzene rings is 2. The summed E-state index contributed by atoms with van der Waals surface area (Å²) in [5, 5.41) is 11.8. The fourth-order valence-electron chi connectivity index (χ4n) is 2.58. The van der Waals surface area contributed by atoms with Crippen molar-refractivity contribution in [1.29, 1.82) is 0 Å². The van der Waals surface area contributed by atoms with E-state index in [-0.39, 0.29) is 6.10 Å². The largest absolute Gasteiger partial charge is 0.497 e. The fraction of sp³-hybridized carbons (Fsp3) is 0.391. The molecule has 0 fully saturated rings. The first kappa shape index (κ1) is 21.1. The molecular weight excluding hydrogens is 352 g/mol. The molecule has 1 N–H and O–H groups in total. The highest BCUT2D eigenvalue weighted by molar-refractivity contribution is 6.83. The van der Waals surface area contributed by atoms with Crippen molar-refractivity contribution in [2.45, 2.75) is 51.6 Å². The van der Waals surface area contributed by atoms with E-state index in [1.165, 1.54) is 0 Å². The van der Waals surface area contributed by atoms with Crippen molar-refractivity contribution >= 4 is 8.07 Å². The molecule has 0 aromatic heterocycles. The standard InChI is InChI=1S/C23H30O3Si/c1-7-18(2)26-22-17-20(25-3)13-14-21(22)23(24,15-16-27(4,5)6)19-11-9-8-10-12-19/h8-14,17-18,24H,7H2,1-6H3. The first-order chi connectivity index (χ1) is 12.7. The summed E-state index contributed by atoms with van der Waals surface area (Å²) in [6.45, 7) is 10.6. The van der Waals surface area contributed by atoms with Gasteiger partial charge in [-0.2, -0.15) is 0 Å². The van der Waals surface area contributed by atoms with Crippen molar-refractivity contribution in [1.82, 2.24) is 0 Å². The minimum absolute atomic E-state index is 0.0147. The van der Waals surface area contributed by atoms with Gasteiger partial charge in [0, 0.05) is 17.2 Å². The average Bonchev–Trinajstić information content (AvgIpc) is 2.66. The molecule has 2 aromatic rings. The minimum Gasteiger partial charge on any atom is -0.497 e. The van der Waals surface area contributed by atoms with E-state index in [0.29, 0.717) is 17.1 Å². The summed E-state index contributed by atoms with van der Waals surface area (Å²) >= 11 is 0. The van der Waals surface area contributed by atoms with Crippen LogP contribution >= 0.6 is 0 Å². The van der Waals surface area contributed by atoms with E-state index in [2.05, 4.69) is 38.0 Å². The lowest BCUT2D eigenvalue weighted by Crippen LogP contribution is -2.29. The second-order valence-electron chi connectivity index (χ2n) is 7.78. The van der Waals surface area contributed by atoms with Crippen LogP contribution < -0.4 is 9.47 Å². The Labute approximate surface area is 164 Å². The maximum atomic E-state index is 11.8. The van der Waals surface area contributed by atoms with Crippen LogP contribution in [0.4, 0.5) is 0 Å². The van der Waals surface area contributed by atoms with Gasteiger partial charge in [0.05, 0.1) is 13.2 Å². The van der Waals surface area contributed by atoms with Crippen LogP contribution in [0.5, 0.6) is 11.5 Å². The Morgan fingerprint density at radius 1 is 1.11 bits per heavy atom. The maximum absolute atomic E-state index is 11.8. The van der Waals surface area contributed by atoms with E-state index in [4.69, 9.17) is 9.47 Å². The van der Waals surface area contributed by atoms with Gasteiger partial charge in [-0.3, -0.25) is 0 Å². The third-order valence-electron chi connectivity index (χ3n) is 4.29. The molecule has 0 bridgehead atoms. The molecule has 2 rings (SSSR count). The number of aliphatic hydroxyl groups is 1. The summed E-state index contributed by atoms with van der Waals surface area (Å²) in [6.07, 6.45) is 0.877. The molecule has 0 spiro atoms. The Hall–Kier alpha value is -2.22. The van der Waals surface area contributed by atoms with Crippen molar-refractivity contribution in [3.05, 3.63) is 59.7 Å². The summed E-state index contributed by atoms with van der Waals surface area (Å²) in [6, 6.07) is 15.1. The van der Waals surface area contributed by atoms with Crippen LogP contribution in [0.15, 0.2) is 48.5 Å². The normalized spacial score (nSPS) is 14.5. The summed E-state index contributed by atoms with van der Waals surface area (Å²) < 4.78 is 11.5. The molecule has 2 atom stereocenters. The van der Waals surface area contributed by atoms with Crippen LogP contribution in [-0.4, -0.2) is 26.4 Å². The molecule has 0 aliphatic carbocycles. The molecule has 2 aromatic carbocycles. The van der Waals surface area contributed by atoms with Gasteiger partial charge >= 0.3 is 0 Å². The zero-order valence-corrected chi connectivity index (χ0v) is 18.2. The van der Waals surface area contributed by atoms with Crippen LogP contribution in [0.1, 0.15) is 31.4 Å². The second kappa shape index (κ2) is 8.64. The van der Waals surface area contributed by atoms with Gasteiger partial charge < -0.3 is 14.6 Å². The van der Waals surface area contributed by atoms with Gasteiger partial charge in [-0.15, -0.1) is 5.54 Å². The molecule has 3 nitrogen and oxygen atoms in total. The molecular formula is C23H30O3Si.